The molecular formula is C22H15Cl2F3N6O2. The molecule has 13 heteroatoms. The van der Waals surface area contributed by atoms with Gasteiger partial charge in [-0.3, -0.25) is 9.48 Å². The quantitative estimate of drug-likeness (QED) is 0.439. The molecule has 4 rings (SSSR count). The summed E-state index contributed by atoms with van der Waals surface area (Å²) in [5.41, 5.74) is 5.03. The van der Waals surface area contributed by atoms with E-state index in [-0.39, 0.29) is 41.6 Å². The molecule has 1 aliphatic rings. The maximum Gasteiger partial charge on any atom is 0.407 e. The summed E-state index contributed by atoms with van der Waals surface area (Å²) in [5, 5.41) is 7.44. The van der Waals surface area contributed by atoms with Crippen LogP contribution in [0.2, 0.25) is 10.0 Å². The molecule has 8 nitrogen and oxygen atoms in total. The third kappa shape index (κ3) is 4.76. The molecule has 0 bridgehead atoms. The SMILES string of the molecule is [C-]#[N+]c1ccc(NC(=O)N2CCn3nc(-c4ccc(Cl)c(Cl)c4)c(C(N)=O)c3C2)cc1C(F)(F)F. The van der Waals surface area contributed by atoms with Crippen LogP contribution in [0.3, 0.4) is 0 Å². The van der Waals surface area contributed by atoms with Crippen LogP contribution in [0.4, 0.5) is 29.3 Å². The van der Waals surface area contributed by atoms with Gasteiger partial charge in [0.1, 0.15) is 5.69 Å². The number of carbonyl (C=O) groups is 2. The maximum atomic E-state index is 13.2. The monoisotopic (exact) mass is 522 g/mol. The van der Waals surface area contributed by atoms with Crippen LogP contribution in [0.5, 0.6) is 0 Å². The number of nitrogens with zero attached hydrogens (tertiary/aromatic N) is 4. The van der Waals surface area contributed by atoms with Gasteiger partial charge in [0.2, 0.25) is 0 Å². The van der Waals surface area contributed by atoms with Crippen LogP contribution < -0.4 is 11.1 Å². The van der Waals surface area contributed by atoms with Crippen molar-refractivity contribution in [3.8, 4) is 11.3 Å². The van der Waals surface area contributed by atoms with Crippen molar-refractivity contribution in [1.82, 2.24) is 14.7 Å². The van der Waals surface area contributed by atoms with Crippen molar-refractivity contribution in [3.05, 3.63) is 74.7 Å². The Labute approximate surface area is 206 Å². The second kappa shape index (κ2) is 9.13. The minimum atomic E-state index is -4.75. The van der Waals surface area contributed by atoms with Gasteiger partial charge in [-0.1, -0.05) is 35.3 Å². The van der Waals surface area contributed by atoms with E-state index in [0.29, 0.717) is 22.3 Å². The van der Waals surface area contributed by atoms with E-state index >= 15 is 0 Å². The topological polar surface area (TPSA) is 97.6 Å². The minimum Gasteiger partial charge on any atom is -0.365 e. The number of carbonyl (C=O) groups excluding carboxylic acids is 2. The Kier molecular flexibility index (Phi) is 6.36. The van der Waals surface area contributed by atoms with E-state index in [1.54, 1.807) is 22.9 Å². The molecule has 2 aromatic carbocycles. The molecule has 0 radical (unpaired) electrons. The van der Waals surface area contributed by atoms with Gasteiger partial charge in [0.05, 0.1) is 46.5 Å². The average molecular weight is 523 g/mol. The molecule has 0 fully saturated rings. The minimum absolute atomic E-state index is 0.0648. The highest BCUT2D eigenvalue weighted by Gasteiger charge is 2.34. The lowest BCUT2D eigenvalue weighted by atomic mass is 10.0. The van der Waals surface area contributed by atoms with Crippen LogP contribution in [-0.2, 0) is 19.3 Å². The number of benzene rings is 2. The van der Waals surface area contributed by atoms with Crippen LogP contribution in [0.25, 0.3) is 16.1 Å². The van der Waals surface area contributed by atoms with Gasteiger partial charge < -0.3 is 16.0 Å². The maximum absolute atomic E-state index is 13.2. The fourth-order valence-electron chi connectivity index (χ4n) is 3.74. The van der Waals surface area contributed by atoms with Crippen molar-refractivity contribution < 1.29 is 22.8 Å². The summed E-state index contributed by atoms with van der Waals surface area (Å²) in [6.45, 7) is 7.24. The molecule has 0 atom stereocenters. The van der Waals surface area contributed by atoms with Gasteiger partial charge in [0.25, 0.3) is 5.91 Å². The Bertz CT molecular complexity index is 1400. The molecule has 1 aromatic heterocycles. The van der Waals surface area contributed by atoms with Gasteiger partial charge >= 0.3 is 12.2 Å². The lowest BCUT2D eigenvalue weighted by molar-refractivity contribution is -0.136. The number of aromatic nitrogens is 2. The number of urea groups is 1. The Hall–Kier alpha value is -3.75. The van der Waals surface area contributed by atoms with Crippen molar-refractivity contribution >= 4 is 46.5 Å². The van der Waals surface area contributed by atoms with Gasteiger partial charge in [-0.15, -0.1) is 0 Å². The molecule has 0 saturated heterocycles. The molecular weight excluding hydrogens is 508 g/mol. The van der Waals surface area contributed by atoms with Crippen LogP contribution in [0, 0.1) is 6.57 Å². The van der Waals surface area contributed by atoms with E-state index in [4.69, 9.17) is 35.5 Å². The fraction of sp³-hybridized carbons (Fsp3) is 0.182. The number of fused-ring (bicyclic) bond motifs is 1. The van der Waals surface area contributed by atoms with Gasteiger partial charge in [-0.05, 0) is 24.3 Å². The van der Waals surface area contributed by atoms with Crippen LogP contribution in [0.15, 0.2) is 36.4 Å². The fourth-order valence-corrected chi connectivity index (χ4v) is 4.03. The molecule has 3 aromatic rings. The zero-order valence-electron chi connectivity index (χ0n) is 17.7. The number of hydrogen-bond donors (Lipinski definition) is 2. The highest BCUT2D eigenvalue weighted by molar-refractivity contribution is 6.42. The van der Waals surface area contributed by atoms with E-state index in [1.807, 2.05) is 0 Å². The Morgan fingerprint density at radius 2 is 1.86 bits per heavy atom. The summed E-state index contributed by atoms with van der Waals surface area (Å²) in [6, 6.07) is 6.95. The molecule has 3 amide bonds. The summed E-state index contributed by atoms with van der Waals surface area (Å²) in [5.74, 6) is -0.765. The van der Waals surface area contributed by atoms with Crippen molar-refractivity contribution in [2.45, 2.75) is 19.3 Å². The van der Waals surface area contributed by atoms with Gasteiger partial charge in [-0.2, -0.15) is 18.3 Å². The first kappa shape index (κ1) is 24.4. The molecule has 0 saturated carbocycles. The van der Waals surface area contributed by atoms with E-state index in [9.17, 15) is 22.8 Å². The average Bonchev–Trinajstić information content (AvgIpc) is 3.19. The third-order valence-electron chi connectivity index (χ3n) is 5.38. The summed E-state index contributed by atoms with van der Waals surface area (Å²) >= 11 is 12.1. The predicted molar refractivity (Wildman–Crippen MR) is 123 cm³/mol. The van der Waals surface area contributed by atoms with Crippen molar-refractivity contribution in [3.63, 3.8) is 0 Å². The number of nitrogens with one attached hydrogen (secondary N) is 1. The number of primary amides is 1. The number of nitrogens with two attached hydrogens (primary N) is 1. The smallest absolute Gasteiger partial charge is 0.365 e. The van der Waals surface area contributed by atoms with E-state index in [1.165, 1.54) is 11.0 Å². The molecule has 0 spiro atoms. The molecule has 3 N–H and O–H groups in total. The normalized spacial score (nSPS) is 13.2. The number of rotatable bonds is 3. The first-order valence-corrected chi connectivity index (χ1v) is 10.7. The largest absolute Gasteiger partial charge is 0.407 e. The van der Waals surface area contributed by atoms with E-state index < -0.39 is 29.4 Å². The van der Waals surface area contributed by atoms with Gasteiger partial charge in [0.15, 0.2) is 5.69 Å². The summed E-state index contributed by atoms with van der Waals surface area (Å²) in [4.78, 5) is 29.3. The molecule has 180 valence electrons. The lowest BCUT2D eigenvalue weighted by Gasteiger charge is -2.28. The highest BCUT2D eigenvalue weighted by Crippen LogP contribution is 2.38. The summed E-state index contributed by atoms with van der Waals surface area (Å²) in [6.07, 6.45) is -4.75. The second-order valence-electron chi connectivity index (χ2n) is 7.58. The van der Waals surface area contributed by atoms with Crippen LogP contribution >= 0.6 is 23.2 Å². The molecule has 35 heavy (non-hydrogen) atoms. The van der Waals surface area contributed by atoms with Crippen LogP contribution in [-0.4, -0.2) is 33.2 Å². The zero-order chi connectivity index (χ0) is 25.5. The number of amides is 3. The molecule has 0 aliphatic carbocycles. The number of halogens is 5. The first-order valence-electron chi connectivity index (χ1n) is 9.99. The van der Waals surface area contributed by atoms with E-state index in [0.717, 1.165) is 6.07 Å². The Morgan fingerprint density at radius 3 is 2.49 bits per heavy atom. The highest BCUT2D eigenvalue weighted by atomic mass is 35.5. The number of hydrogen-bond acceptors (Lipinski definition) is 3. The molecule has 1 aliphatic heterocycles. The second-order valence-corrected chi connectivity index (χ2v) is 8.39. The van der Waals surface area contributed by atoms with E-state index in [2.05, 4.69) is 15.3 Å². The summed E-state index contributed by atoms with van der Waals surface area (Å²) < 4.78 is 41.3. The first-order chi connectivity index (χ1) is 16.5. The van der Waals surface area contributed by atoms with Gasteiger partial charge in [-0.25, -0.2) is 9.64 Å². The van der Waals surface area contributed by atoms with Crippen LogP contribution in [0.1, 0.15) is 21.6 Å². The predicted octanol–water partition coefficient (Wildman–Crippen LogP) is 5.57. The third-order valence-corrected chi connectivity index (χ3v) is 6.12. The van der Waals surface area contributed by atoms with Gasteiger partial charge in [0, 0.05) is 17.8 Å². The zero-order valence-corrected chi connectivity index (χ0v) is 19.2. The Balaban J connectivity index is 1.62. The number of anilines is 1. The lowest BCUT2D eigenvalue weighted by Crippen LogP contribution is -2.41. The standard InChI is InChI=1S/C22H15Cl2F3N6O2/c1-29-16-5-3-12(9-13(16)22(25,26)27)30-21(35)32-6-7-33-17(10-32)18(20(28)34)19(31-33)11-2-4-14(23)15(24)8-11/h2-5,8-9H,6-7,10H2,(H2,28,34)(H,30,35). The van der Waals surface area contributed by atoms with Crippen molar-refractivity contribution in [2.24, 2.45) is 5.73 Å². The van der Waals surface area contributed by atoms with Crippen molar-refractivity contribution in [2.75, 3.05) is 11.9 Å². The molecule has 2 heterocycles. The molecule has 0 unspecified atom stereocenters. The van der Waals surface area contributed by atoms with Crippen molar-refractivity contribution in [1.29, 1.82) is 0 Å². The number of alkyl halides is 3. The summed E-state index contributed by atoms with van der Waals surface area (Å²) in [7, 11) is 0. The Morgan fingerprint density at radius 1 is 1.11 bits per heavy atom.